The van der Waals surface area contributed by atoms with E-state index in [1.165, 1.54) is 0 Å². The molecule has 25 heavy (non-hydrogen) atoms. The SMILES string of the molecule is COc1cccc(-c2cc(-c3ccc4[nH]nc(N)c4c3)nc(=O)[nH]2)c1. The molecule has 0 aliphatic carbocycles. The van der Waals surface area contributed by atoms with Gasteiger partial charge in [0.15, 0.2) is 5.82 Å². The van der Waals surface area contributed by atoms with E-state index in [1.807, 2.05) is 48.5 Å². The lowest BCUT2D eigenvalue weighted by Crippen LogP contribution is -2.11. The Kier molecular flexibility index (Phi) is 3.46. The second-order valence-corrected chi connectivity index (χ2v) is 5.59. The van der Waals surface area contributed by atoms with E-state index in [-0.39, 0.29) is 0 Å². The Morgan fingerprint density at radius 2 is 1.96 bits per heavy atom. The first-order valence-corrected chi connectivity index (χ1v) is 7.64. The molecule has 4 rings (SSSR count). The van der Waals surface area contributed by atoms with Gasteiger partial charge >= 0.3 is 5.69 Å². The Balaban J connectivity index is 1.86. The summed E-state index contributed by atoms with van der Waals surface area (Å²) in [6.45, 7) is 0. The topological polar surface area (TPSA) is 110 Å². The van der Waals surface area contributed by atoms with Crippen molar-refractivity contribution in [3.8, 4) is 28.3 Å². The summed E-state index contributed by atoms with van der Waals surface area (Å²) in [6.07, 6.45) is 0. The molecule has 0 saturated heterocycles. The molecule has 4 aromatic rings. The number of rotatable bonds is 3. The van der Waals surface area contributed by atoms with Crippen LogP contribution in [0.1, 0.15) is 0 Å². The average Bonchev–Trinajstić information content (AvgIpc) is 3.02. The van der Waals surface area contributed by atoms with Gasteiger partial charge in [0.25, 0.3) is 0 Å². The number of nitrogen functional groups attached to an aromatic ring is 1. The maximum Gasteiger partial charge on any atom is 0.345 e. The number of nitrogens with two attached hydrogens (primary N) is 1. The Hall–Kier alpha value is -3.61. The van der Waals surface area contributed by atoms with Crippen molar-refractivity contribution in [2.45, 2.75) is 0 Å². The molecule has 124 valence electrons. The van der Waals surface area contributed by atoms with E-state index in [9.17, 15) is 4.79 Å². The van der Waals surface area contributed by atoms with E-state index in [0.29, 0.717) is 23.0 Å². The van der Waals surface area contributed by atoms with Gasteiger partial charge in [-0.3, -0.25) is 5.10 Å². The minimum absolute atomic E-state index is 0.412. The molecule has 2 heterocycles. The molecule has 0 atom stereocenters. The summed E-state index contributed by atoms with van der Waals surface area (Å²) in [6, 6.07) is 14.9. The predicted molar refractivity (Wildman–Crippen MR) is 96.3 cm³/mol. The Morgan fingerprint density at radius 3 is 2.80 bits per heavy atom. The molecule has 0 fully saturated rings. The number of ether oxygens (including phenoxy) is 1. The fraction of sp³-hybridized carbons (Fsp3) is 0.0556. The van der Waals surface area contributed by atoms with Crippen molar-refractivity contribution >= 4 is 16.7 Å². The van der Waals surface area contributed by atoms with Crippen LogP contribution in [0.5, 0.6) is 5.75 Å². The smallest absolute Gasteiger partial charge is 0.345 e. The Bertz CT molecular complexity index is 1130. The molecule has 2 aromatic carbocycles. The standard InChI is InChI=1S/C18H15N5O2/c1-25-12-4-2-3-10(7-12)15-9-16(21-18(24)20-15)11-5-6-14-13(8-11)17(19)23-22-14/h2-9H,1H3,(H3,19,22,23)(H,20,21,24). The number of benzene rings is 2. The molecule has 0 unspecified atom stereocenters. The highest BCUT2D eigenvalue weighted by Gasteiger charge is 2.09. The number of H-pyrrole nitrogens is 2. The summed E-state index contributed by atoms with van der Waals surface area (Å²) in [7, 11) is 1.60. The maximum absolute atomic E-state index is 12.1. The van der Waals surface area contributed by atoms with Gasteiger partial charge in [-0.1, -0.05) is 18.2 Å². The molecular weight excluding hydrogens is 318 g/mol. The van der Waals surface area contributed by atoms with Crippen LogP contribution in [0.2, 0.25) is 0 Å². The first kappa shape index (κ1) is 14.9. The largest absolute Gasteiger partial charge is 0.497 e. The lowest BCUT2D eigenvalue weighted by molar-refractivity contribution is 0.415. The van der Waals surface area contributed by atoms with Crippen LogP contribution in [0.4, 0.5) is 5.82 Å². The molecule has 0 spiro atoms. The second kappa shape index (κ2) is 5.79. The van der Waals surface area contributed by atoms with Gasteiger partial charge in [-0.25, -0.2) is 4.79 Å². The van der Waals surface area contributed by atoms with Crippen molar-refractivity contribution in [3.05, 3.63) is 59.0 Å². The van der Waals surface area contributed by atoms with Crippen LogP contribution in [0, 0.1) is 0 Å². The normalized spacial score (nSPS) is 10.9. The summed E-state index contributed by atoms with van der Waals surface area (Å²) in [4.78, 5) is 18.9. The minimum atomic E-state index is -0.421. The van der Waals surface area contributed by atoms with Crippen molar-refractivity contribution < 1.29 is 4.74 Å². The molecule has 0 aliphatic heterocycles. The van der Waals surface area contributed by atoms with E-state index in [4.69, 9.17) is 10.5 Å². The molecule has 7 nitrogen and oxygen atoms in total. The zero-order chi connectivity index (χ0) is 17.4. The fourth-order valence-electron chi connectivity index (χ4n) is 2.75. The van der Waals surface area contributed by atoms with Gasteiger partial charge in [0.05, 0.1) is 24.0 Å². The monoisotopic (exact) mass is 333 g/mol. The summed E-state index contributed by atoms with van der Waals surface area (Å²) in [5.41, 5.74) is 9.12. The summed E-state index contributed by atoms with van der Waals surface area (Å²) >= 11 is 0. The number of aromatic nitrogens is 4. The Morgan fingerprint density at radius 1 is 1.08 bits per heavy atom. The van der Waals surface area contributed by atoms with Gasteiger partial charge in [-0.15, -0.1) is 0 Å². The first-order chi connectivity index (χ1) is 12.1. The lowest BCUT2D eigenvalue weighted by atomic mass is 10.1. The molecule has 0 aliphatic rings. The van der Waals surface area contributed by atoms with Gasteiger partial charge in [0, 0.05) is 16.5 Å². The van der Waals surface area contributed by atoms with E-state index >= 15 is 0 Å². The molecule has 7 heteroatoms. The zero-order valence-corrected chi connectivity index (χ0v) is 13.4. The number of hydrogen-bond donors (Lipinski definition) is 3. The van der Waals surface area contributed by atoms with Crippen LogP contribution in [0.3, 0.4) is 0 Å². The summed E-state index contributed by atoms with van der Waals surface area (Å²) in [5.74, 6) is 1.12. The highest BCUT2D eigenvalue weighted by atomic mass is 16.5. The number of nitrogens with zero attached hydrogens (tertiary/aromatic N) is 2. The number of fused-ring (bicyclic) bond motifs is 1. The maximum atomic E-state index is 12.1. The summed E-state index contributed by atoms with van der Waals surface area (Å²) in [5, 5.41) is 7.63. The van der Waals surface area contributed by atoms with Crippen molar-refractivity contribution in [1.29, 1.82) is 0 Å². The number of aromatic amines is 2. The van der Waals surface area contributed by atoms with Crippen LogP contribution in [-0.4, -0.2) is 27.3 Å². The van der Waals surface area contributed by atoms with Crippen LogP contribution < -0.4 is 16.2 Å². The number of anilines is 1. The predicted octanol–water partition coefficient (Wildman–Crippen LogP) is 2.57. The molecule has 4 N–H and O–H groups in total. The molecule has 2 aromatic heterocycles. The Labute approximate surface area is 142 Å². The number of methoxy groups -OCH3 is 1. The third-order valence-electron chi connectivity index (χ3n) is 4.01. The second-order valence-electron chi connectivity index (χ2n) is 5.59. The van der Waals surface area contributed by atoms with Crippen molar-refractivity contribution in [3.63, 3.8) is 0 Å². The van der Waals surface area contributed by atoms with Crippen LogP contribution >= 0.6 is 0 Å². The van der Waals surface area contributed by atoms with Crippen molar-refractivity contribution in [1.82, 2.24) is 20.2 Å². The van der Waals surface area contributed by atoms with E-state index in [2.05, 4.69) is 20.2 Å². The highest BCUT2D eigenvalue weighted by Crippen LogP contribution is 2.27. The first-order valence-electron chi connectivity index (χ1n) is 7.64. The van der Waals surface area contributed by atoms with Crippen molar-refractivity contribution in [2.75, 3.05) is 12.8 Å². The lowest BCUT2D eigenvalue weighted by Gasteiger charge is -2.07. The van der Waals surface area contributed by atoms with Crippen molar-refractivity contribution in [2.24, 2.45) is 0 Å². The van der Waals surface area contributed by atoms with Gasteiger partial charge in [-0.2, -0.15) is 10.1 Å². The molecule has 0 saturated carbocycles. The molecule has 0 amide bonds. The van der Waals surface area contributed by atoms with E-state index in [0.717, 1.165) is 22.0 Å². The third-order valence-corrected chi connectivity index (χ3v) is 4.01. The van der Waals surface area contributed by atoms with Gasteiger partial charge in [0.2, 0.25) is 0 Å². The number of nitrogens with one attached hydrogen (secondary N) is 2. The molecule has 0 radical (unpaired) electrons. The highest BCUT2D eigenvalue weighted by molar-refractivity contribution is 5.92. The van der Waals surface area contributed by atoms with E-state index in [1.54, 1.807) is 7.11 Å². The van der Waals surface area contributed by atoms with Gasteiger partial charge in [0.1, 0.15) is 5.75 Å². The van der Waals surface area contributed by atoms with Gasteiger partial charge in [-0.05, 0) is 30.3 Å². The van der Waals surface area contributed by atoms with Crippen LogP contribution in [-0.2, 0) is 0 Å². The minimum Gasteiger partial charge on any atom is -0.497 e. The zero-order valence-electron chi connectivity index (χ0n) is 13.4. The van der Waals surface area contributed by atoms with Gasteiger partial charge < -0.3 is 15.5 Å². The quantitative estimate of drug-likeness (QED) is 0.534. The van der Waals surface area contributed by atoms with E-state index < -0.39 is 5.69 Å². The van der Waals surface area contributed by atoms with Crippen LogP contribution in [0.25, 0.3) is 33.4 Å². The number of hydrogen-bond acceptors (Lipinski definition) is 5. The fourth-order valence-corrected chi connectivity index (χ4v) is 2.75. The molecule has 0 bridgehead atoms. The third kappa shape index (κ3) is 2.72. The van der Waals surface area contributed by atoms with Crippen LogP contribution in [0.15, 0.2) is 53.3 Å². The summed E-state index contributed by atoms with van der Waals surface area (Å²) < 4.78 is 5.24. The average molecular weight is 333 g/mol. The molecular formula is C18H15N5O2.